The zero-order valence-electron chi connectivity index (χ0n) is 13.0. The molecule has 0 fully saturated rings. The van der Waals surface area contributed by atoms with E-state index in [-0.39, 0.29) is 11.9 Å². The number of benzene rings is 3. The number of carbonyl (C=O) groups excluding carboxylic acids is 1. The largest absolute Gasteiger partial charge is 0.349 e. The van der Waals surface area contributed by atoms with Crippen LogP contribution in [0.25, 0.3) is 10.8 Å². The summed E-state index contributed by atoms with van der Waals surface area (Å²) in [6.45, 7) is 2.03. The van der Waals surface area contributed by atoms with Crippen molar-refractivity contribution in [3.8, 4) is 0 Å². The van der Waals surface area contributed by atoms with E-state index in [9.17, 15) is 4.79 Å². The molecule has 0 aliphatic carbocycles. The van der Waals surface area contributed by atoms with Gasteiger partial charge in [0.2, 0.25) is 5.91 Å². The van der Waals surface area contributed by atoms with Crippen LogP contribution in [0.2, 0.25) is 0 Å². The van der Waals surface area contributed by atoms with Crippen molar-refractivity contribution in [2.75, 3.05) is 5.75 Å². The third kappa shape index (κ3) is 3.93. The minimum absolute atomic E-state index is 0.00928. The fourth-order valence-electron chi connectivity index (χ4n) is 2.65. The van der Waals surface area contributed by atoms with Crippen LogP contribution in [0.1, 0.15) is 18.5 Å². The number of fused-ring (bicyclic) bond motifs is 1. The van der Waals surface area contributed by atoms with Crippen molar-refractivity contribution in [1.82, 2.24) is 5.32 Å². The monoisotopic (exact) mass is 321 g/mol. The zero-order valence-corrected chi connectivity index (χ0v) is 13.8. The molecule has 0 aromatic heterocycles. The van der Waals surface area contributed by atoms with Gasteiger partial charge in [-0.2, -0.15) is 0 Å². The number of amides is 1. The number of hydrogen-bond acceptors (Lipinski definition) is 2. The molecule has 1 N–H and O–H groups in total. The Morgan fingerprint density at radius 2 is 1.65 bits per heavy atom. The minimum atomic E-state index is -0.00928. The second kappa shape index (κ2) is 7.34. The van der Waals surface area contributed by atoms with Gasteiger partial charge in [0, 0.05) is 4.90 Å². The number of hydrogen-bond donors (Lipinski definition) is 1. The quantitative estimate of drug-likeness (QED) is 0.683. The van der Waals surface area contributed by atoms with Crippen molar-refractivity contribution in [3.63, 3.8) is 0 Å². The van der Waals surface area contributed by atoms with E-state index in [0.29, 0.717) is 5.75 Å². The maximum absolute atomic E-state index is 12.2. The Balaban J connectivity index is 1.66. The van der Waals surface area contributed by atoms with Gasteiger partial charge < -0.3 is 5.32 Å². The Labute approximate surface area is 140 Å². The predicted octanol–water partition coefficient (Wildman–Crippen LogP) is 4.81. The Hall–Kier alpha value is -2.26. The van der Waals surface area contributed by atoms with Crippen LogP contribution in [0.3, 0.4) is 0 Å². The second-order valence-corrected chi connectivity index (χ2v) is 6.51. The molecule has 3 aromatic rings. The highest BCUT2D eigenvalue weighted by Gasteiger charge is 2.12. The number of rotatable bonds is 5. The summed E-state index contributed by atoms with van der Waals surface area (Å²) in [5.74, 6) is 0.485. The number of nitrogens with one attached hydrogen (secondary N) is 1. The van der Waals surface area contributed by atoms with Gasteiger partial charge in [-0.1, -0.05) is 60.7 Å². The summed E-state index contributed by atoms with van der Waals surface area (Å²) in [7, 11) is 0. The summed E-state index contributed by atoms with van der Waals surface area (Å²) in [4.78, 5) is 13.3. The molecule has 0 bridgehead atoms. The third-order valence-corrected chi connectivity index (χ3v) is 4.79. The number of thioether (sulfide) groups is 1. The Morgan fingerprint density at radius 1 is 0.957 bits per heavy atom. The fourth-order valence-corrected chi connectivity index (χ4v) is 3.39. The third-order valence-electron chi connectivity index (χ3n) is 3.78. The summed E-state index contributed by atoms with van der Waals surface area (Å²) in [6.07, 6.45) is 0. The fraction of sp³-hybridized carbons (Fsp3) is 0.150. The molecule has 0 saturated carbocycles. The van der Waals surface area contributed by atoms with Crippen LogP contribution in [0.4, 0.5) is 0 Å². The van der Waals surface area contributed by atoms with Crippen molar-refractivity contribution in [2.45, 2.75) is 17.9 Å². The lowest BCUT2D eigenvalue weighted by atomic mass is 10.00. The van der Waals surface area contributed by atoms with Crippen molar-refractivity contribution in [3.05, 3.63) is 78.4 Å². The van der Waals surface area contributed by atoms with Gasteiger partial charge in [0.05, 0.1) is 11.8 Å². The van der Waals surface area contributed by atoms with Crippen LogP contribution in [-0.4, -0.2) is 11.7 Å². The van der Waals surface area contributed by atoms with Crippen LogP contribution < -0.4 is 5.32 Å². The smallest absolute Gasteiger partial charge is 0.230 e. The van der Waals surface area contributed by atoms with Gasteiger partial charge in [0.15, 0.2) is 0 Å². The van der Waals surface area contributed by atoms with E-state index in [1.54, 1.807) is 11.8 Å². The molecule has 2 nitrogen and oxygen atoms in total. The van der Waals surface area contributed by atoms with Gasteiger partial charge >= 0.3 is 0 Å². The lowest BCUT2D eigenvalue weighted by molar-refractivity contribution is -0.119. The molecule has 1 unspecified atom stereocenters. The first-order chi connectivity index (χ1) is 11.2. The summed E-state index contributed by atoms with van der Waals surface area (Å²) < 4.78 is 0. The molecule has 0 heterocycles. The van der Waals surface area contributed by atoms with Gasteiger partial charge in [-0.25, -0.2) is 0 Å². The molecule has 3 rings (SSSR count). The minimum Gasteiger partial charge on any atom is -0.349 e. The predicted molar refractivity (Wildman–Crippen MR) is 97.7 cm³/mol. The van der Waals surface area contributed by atoms with E-state index < -0.39 is 0 Å². The highest BCUT2D eigenvalue weighted by atomic mass is 32.2. The maximum atomic E-state index is 12.2. The Bertz CT molecular complexity index is 796. The van der Waals surface area contributed by atoms with Gasteiger partial charge in [0.1, 0.15) is 0 Å². The Morgan fingerprint density at radius 3 is 2.48 bits per heavy atom. The normalized spacial score (nSPS) is 12.0. The van der Waals surface area contributed by atoms with E-state index in [1.165, 1.54) is 10.8 Å². The van der Waals surface area contributed by atoms with Crippen molar-refractivity contribution < 1.29 is 4.79 Å². The van der Waals surface area contributed by atoms with Crippen LogP contribution in [0.15, 0.2) is 77.7 Å². The molecule has 0 spiro atoms. The molecule has 0 aliphatic rings. The summed E-state index contributed by atoms with van der Waals surface area (Å²) in [5.41, 5.74) is 1.15. The van der Waals surface area contributed by atoms with Crippen LogP contribution in [-0.2, 0) is 4.79 Å². The standard InChI is InChI=1S/C20H19NOS/c1-15(18-13-7-9-16-8-5-6-12-19(16)18)21-20(22)14-23-17-10-3-2-4-11-17/h2-13,15H,14H2,1H3,(H,21,22). The highest BCUT2D eigenvalue weighted by Crippen LogP contribution is 2.24. The lowest BCUT2D eigenvalue weighted by Crippen LogP contribution is -2.28. The molecule has 3 aromatic carbocycles. The summed E-state index contributed by atoms with van der Waals surface area (Å²) >= 11 is 1.56. The molecule has 1 atom stereocenters. The molecule has 0 aliphatic heterocycles. The van der Waals surface area contributed by atoms with E-state index in [1.807, 2.05) is 55.5 Å². The molecule has 0 radical (unpaired) electrons. The Kier molecular flexibility index (Phi) is 4.99. The van der Waals surface area contributed by atoms with Gasteiger partial charge in [-0.05, 0) is 35.4 Å². The lowest BCUT2D eigenvalue weighted by Gasteiger charge is -2.16. The van der Waals surface area contributed by atoms with E-state index in [0.717, 1.165) is 10.5 Å². The molecule has 0 saturated heterocycles. The first-order valence-corrected chi connectivity index (χ1v) is 8.67. The van der Waals surface area contributed by atoms with Crippen molar-refractivity contribution in [2.24, 2.45) is 0 Å². The summed E-state index contributed by atoms with van der Waals surface area (Å²) in [6, 6.07) is 24.5. The molecule has 1 amide bonds. The molecule has 116 valence electrons. The van der Waals surface area contributed by atoms with Crippen molar-refractivity contribution in [1.29, 1.82) is 0 Å². The van der Waals surface area contributed by atoms with Gasteiger partial charge in [-0.15, -0.1) is 11.8 Å². The van der Waals surface area contributed by atoms with Gasteiger partial charge in [-0.3, -0.25) is 4.79 Å². The SMILES string of the molecule is CC(NC(=O)CSc1ccccc1)c1cccc2ccccc12. The average Bonchev–Trinajstić information content (AvgIpc) is 2.60. The first kappa shape index (κ1) is 15.6. The van der Waals surface area contributed by atoms with Crippen LogP contribution in [0.5, 0.6) is 0 Å². The van der Waals surface area contributed by atoms with E-state index in [2.05, 4.69) is 29.6 Å². The molecule has 3 heteroatoms. The summed E-state index contributed by atoms with van der Waals surface area (Å²) in [5, 5.41) is 5.49. The molecular weight excluding hydrogens is 302 g/mol. The van der Waals surface area contributed by atoms with Gasteiger partial charge in [0.25, 0.3) is 0 Å². The molecule has 23 heavy (non-hydrogen) atoms. The van der Waals surface area contributed by atoms with Crippen LogP contribution >= 0.6 is 11.8 Å². The van der Waals surface area contributed by atoms with E-state index in [4.69, 9.17) is 0 Å². The topological polar surface area (TPSA) is 29.1 Å². The maximum Gasteiger partial charge on any atom is 0.230 e. The van der Waals surface area contributed by atoms with Crippen LogP contribution in [0, 0.1) is 0 Å². The second-order valence-electron chi connectivity index (χ2n) is 5.46. The highest BCUT2D eigenvalue weighted by molar-refractivity contribution is 8.00. The first-order valence-electron chi connectivity index (χ1n) is 7.69. The van der Waals surface area contributed by atoms with E-state index >= 15 is 0 Å². The number of carbonyl (C=O) groups is 1. The zero-order chi connectivity index (χ0) is 16.1. The molecular formula is C20H19NOS. The average molecular weight is 321 g/mol. The van der Waals surface area contributed by atoms with Crippen molar-refractivity contribution >= 4 is 28.4 Å².